The molecule has 5 aromatic carbocycles. The maximum atomic E-state index is 13.1. The van der Waals surface area contributed by atoms with Crippen molar-refractivity contribution in [3.05, 3.63) is 124 Å². The van der Waals surface area contributed by atoms with Crippen LogP contribution in [0.1, 0.15) is 52.1 Å². The SMILES string of the molecule is N#Cc1ccc2cc(COOC(=O)C3CCCc4ccc(OCc5ccc6cc(C#N)ccc6c5)cc43)ccc2c1. The molecule has 6 rings (SSSR count). The minimum absolute atomic E-state index is 0.133. The molecule has 0 spiro atoms. The van der Waals surface area contributed by atoms with Gasteiger partial charge in [-0.15, -0.1) is 0 Å². The van der Waals surface area contributed by atoms with Crippen LogP contribution < -0.4 is 4.74 Å². The molecule has 0 saturated heterocycles. The third-order valence-electron chi connectivity index (χ3n) is 7.56. The zero-order valence-corrected chi connectivity index (χ0v) is 22.3. The quantitative estimate of drug-likeness (QED) is 0.158. The standard InChI is InChI=1S/C35H26N2O4/c36-19-23-4-8-30-16-25(6-10-28(30)14-23)21-39-32-13-12-27-2-1-3-33(34(27)18-32)35(38)41-40-22-26-7-11-29-15-24(20-37)5-9-31(29)17-26/h4-18,33H,1-3,21-22H2. The van der Waals surface area contributed by atoms with Crippen LogP contribution >= 0.6 is 0 Å². The summed E-state index contributed by atoms with van der Waals surface area (Å²) in [5.74, 6) is -0.132. The summed E-state index contributed by atoms with van der Waals surface area (Å²) in [5, 5.41) is 22.2. The predicted molar refractivity (Wildman–Crippen MR) is 155 cm³/mol. The molecule has 6 nitrogen and oxygen atoms in total. The van der Waals surface area contributed by atoms with Gasteiger partial charge in [-0.3, -0.25) is 4.89 Å². The topological polar surface area (TPSA) is 92.3 Å². The lowest BCUT2D eigenvalue weighted by atomic mass is 9.83. The molecular weight excluding hydrogens is 512 g/mol. The van der Waals surface area contributed by atoms with Gasteiger partial charge in [-0.05, 0) is 112 Å². The van der Waals surface area contributed by atoms with E-state index in [9.17, 15) is 4.79 Å². The fraction of sp³-hybridized carbons (Fsp3) is 0.171. The van der Waals surface area contributed by atoms with Gasteiger partial charge < -0.3 is 4.74 Å². The second kappa shape index (κ2) is 11.5. The van der Waals surface area contributed by atoms with E-state index in [1.807, 2.05) is 78.9 Å². The van der Waals surface area contributed by atoms with E-state index in [1.54, 1.807) is 6.07 Å². The predicted octanol–water partition coefficient (Wildman–Crippen LogP) is 7.41. The fourth-order valence-electron chi connectivity index (χ4n) is 5.40. The van der Waals surface area contributed by atoms with Crippen LogP contribution in [-0.4, -0.2) is 5.97 Å². The third kappa shape index (κ3) is 5.75. The molecule has 0 aliphatic heterocycles. The van der Waals surface area contributed by atoms with E-state index < -0.39 is 11.9 Å². The summed E-state index contributed by atoms with van der Waals surface area (Å²) in [6, 6.07) is 33.2. The molecular formula is C35H26N2O4. The zero-order valence-electron chi connectivity index (χ0n) is 22.3. The smallest absolute Gasteiger partial charge is 0.349 e. The van der Waals surface area contributed by atoms with Crippen LogP contribution in [0.3, 0.4) is 0 Å². The Morgan fingerprint density at radius 3 is 2.00 bits per heavy atom. The van der Waals surface area contributed by atoms with Crippen molar-refractivity contribution in [1.82, 2.24) is 0 Å². The molecule has 1 aliphatic carbocycles. The van der Waals surface area contributed by atoms with Gasteiger partial charge in [0.25, 0.3) is 0 Å². The number of fused-ring (bicyclic) bond motifs is 3. The van der Waals surface area contributed by atoms with Gasteiger partial charge in [0.05, 0.1) is 29.2 Å². The Balaban J connectivity index is 1.09. The summed E-state index contributed by atoms with van der Waals surface area (Å²) in [6.45, 7) is 0.518. The second-order valence-corrected chi connectivity index (χ2v) is 10.3. The van der Waals surface area contributed by atoms with Crippen LogP contribution in [0.2, 0.25) is 0 Å². The van der Waals surface area contributed by atoms with E-state index in [4.69, 9.17) is 25.0 Å². The van der Waals surface area contributed by atoms with Crippen molar-refractivity contribution in [3.8, 4) is 17.9 Å². The summed E-state index contributed by atoms with van der Waals surface area (Å²) in [7, 11) is 0. The van der Waals surface area contributed by atoms with Crippen LogP contribution in [0, 0.1) is 22.7 Å². The van der Waals surface area contributed by atoms with Crippen molar-refractivity contribution >= 4 is 27.5 Å². The monoisotopic (exact) mass is 538 g/mol. The van der Waals surface area contributed by atoms with Crippen molar-refractivity contribution in [3.63, 3.8) is 0 Å². The molecule has 6 heteroatoms. The van der Waals surface area contributed by atoms with Crippen LogP contribution in [0.5, 0.6) is 5.75 Å². The van der Waals surface area contributed by atoms with Crippen molar-refractivity contribution in [2.24, 2.45) is 0 Å². The average Bonchev–Trinajstić information content (AvgIpc) is 3.02. The first-order valence-corrected chi connectivity index (χ1v) is 13.5. The largest absolute Gasteiger partial charge is 0.489 e. The fourth-order valence-corrected chi connectivity index (χ4v) is 5.40. The highest BCUT2D eigenvalue weighted by atomic mass is 17.2. The minimum atomic E-state index is -0.418. The van der Waals surface area contributed by atoms with Gasteiger partial charge in [0, 0.05) is 0 Å². The summed E-state index contributed by atoms with van der Waals surface area (Å²) in [6.07, 6.45) is 2.48. The van der Waals surface area contributed by atoms with Crippen LogP contribution in [-0.2, 0) is 34.2 Å². The molecule has 1 aliphatic rings. The zero-order chi connectivity index (χ0) is 28.2. The molecule has 0 N–H and O–H groups in total. The normalized spacial score (nSPS) is 14.1. The molecule has 0 radical (unpaired) electrons. The highest BCUT2D eigenvalue weighted by Crippen LogP contribution is 2.35. The molecule has 0 heterocycles. The highest BCUT2D eigenvalue weighted by Gasteiger charge is 2.29. The number of hydrogen-bond donors (Lipinski definition) is 0. The van der Waals surface area contributed by atoms with Crippen LogP contribution in [0.25, 0.3) is 21.5 Å². The summed E-state index contributed by atoms with van der Waals surface area (Å²) < 4.78 is 6.12. The molecule has 0 amide bonds. The lowest BCUT2D eigenvalue weighted by Gasteiger charge is -2.24. The van der Waals surface area contributed by atoms with Crippen molar-refractivity contribution in [2.75, 3.05) is 0 Å². The molecule has 1 atom stereocenters. The number of aryl methyl sites for hydroxylation is 1. The Labute approximate surface area is 237 Å². The van der Waals surface area contributed by atoms with Crippen LogP contribution in [0.15, 0.2) is 91.0 Å². The van der Waals surface area contributed by atoms with Crippen LogP contribution in [0.4, 0.5) is 0 Å². The first-order valence-electron chi connectivity index (χ1n) is 13.5. The summed E-state index contributed by atoms with van der Waals surface area (Å²) >= 11 is 0. The van der Waals surface area contributed by atoms with E-state index in [-0.39, 0.29) is 6.61 Å². The molecule has 0 bridgehead atoms. The maximum Gasteiger partial charge on any atom is 0.349 e. The molecule has 0 aromatic heterocycles. The highest BCUT2D eigenvalue weighted by molar-refractivity contribution is 5.85. The molecule has 200 valence electrons. The number of benzene rings is 5. The Kier molecular flexibility index (Phi) is 7.32. The van der Waals surface area contributed by atoms with Crippen molar-refractivity contribution in [2.45, 2.75) is 38.4 Å². The Morgan fingerprint density at radius 2 is 1.34 bits per heavy atom. The molecule has 0 saturated carbocycles. The Hall–Kier alpha value is -5.17. The van der Waals surface area contributed by atoms with Gasteiger partial charge >= 0.3 is 5.97 Å². The number of nitriles is 2. The molecule has 41 heavy (non-hydrogen) atoms. The Bertz CT molecular complexity index is 1870. The molecule has 5 aromatic rings. The lowest BCUT2D eigenvalue weighted by molar-refractivity contribution is -0.281. The Morgan fingerprint density at radius 1 is 0.732 bits per heavy atom. The van der Waals surface area contributed by atoms with E-state index in [2.05, 4.69) is 18.2 Å². The van der Waals surface area contributed by atoms with E-state index in [0.717, 1.165) is 56.6 Å². The van der Waals surface area contributed by atoms with Gasteiger partial charge in [0.1, 0.15) is 19.0 Å². The summed E-state index contributed by atoms with van der Waals surface area (Å²) in [4.78, 5) is 23.7. The van der Waals surface area contributed by atoms with Gasteiger partial charge in [-0.2, -0.15) is 15.4 Å². The number of ether oxygens (including phenoxy) is 1. The second-order valence-electron chi connectivity index (χ2n) is 10.3. The van der Waals surface area contributed by atoms with E-state index >= 15 is 0 Å². The maximum absolute atomic E-state index is 13.1. The lowest BCUT2D eigenvalue weighted by Crippen LogP contribution is -2.21. The number of hydrogen-bond acceptors (Lipinski definition) is 6. The molecule has 1 unspecified atom stereocenters. The first-order chi connectivity index (χ1) is 20.1. The number of carbonyl (C=O) groups is 1. The minimum Gasteiger partial charge on any atom is -0.489 e. The van der Waals surface area contributed by atoms with Crippen molar-refractivity contribution < 1.29 is 19.3 Å². The average molecular weight is 539 g/mol. The van der Waals surface area contributed by atoms with E-state index in [1.165, 1.54) is 0 Å². The molecule has 0 fully saturated rings. The van der Waals surface area contributed by atoms with Gasteiger partial charge in [0.15, 0.2) is 0 Å². The van der Waals surface area contributed by atoms with Gasteiger partial charge in [-0.25, -0.2) is 4.79 Å². The third-order valence-corrected chi connectivity index (χ3v) is 7.56. The van der Waals surface area contributed by atoms with Gasteiger partial charge in [0.2, 0.25) is 0 Å². The van der Waals surface area contributed by atoms with E-state index in [0.29, 0.717) is 29.9 Å². The number of carbonyl (C=O) groups excluding carboxylic acids is 1. The summed E-state index contributed by atoms with van der Waals surface area (Å²) in [5.41, 5.74) is 5.18. The first kappa shape index (κ1) is 26.1. The van der Waals surface area contributed by atoms with Gasteiger partial charge in [-0.1, -0.05) is 42.5 Å². The number of nitrogens with zero attached hydrogens (tertiary/aromatic N) is 2. The van der Waals surface area contributed by atoms with Crippen molar-refractivity contribution in [1.29, 1.82) is 10.5 Å². The number of rotatable bonds is 7.